The number of carbonyl (C=O) groups is 1. The second-order valence-electron chi connectivity index (χ2n) is 9.86. The fourth-order valence-electron chi connectivity index (χ4n) is 4.87. The molecule has 1 aromatic rings. The first-order chi connectivity index (χ1) is 15.7. The van der Waals surface area contributed by atoms with Gasteiger partial charge in [0.2, 0.25) is 5.91 Å². The van der Waals surface area contributed by atoms with Gasteiger partial charge in [-0.3, -0.25) is 9.69 Å². The first-order valence-corrected chi connectivity index (χ1v) is 12.0. The van der Waals surface area contributed by atoms with E-state index in [1.807, 2.05) is 12.1 Å². The fourth-order valence-corrected chi connectivity index (χ4v) is 4.87. The van der Waals surface area contributed by atoms with E-state index in [1.165, 1.54) is 6.92 Å². The Bertz CT molecular complexity index is 785. The van der Waals surface area contributed by atoms with Crippen molar-refractivity contribution in [2.45, 2.75) is 69.9 Å². The zero-order valence-electron chi connectivity index (χ0n) is 20.8. The van der Waals surface area contributed by atoms with Gasteiger partial charge in [-0.15, -0.1) is 0 Å². The Morgan fingerprint density at radius 1 is 1.36 bits per heavy atom. The van der Waals surface area contributed by atoms with Crippen molar-refractivity contribution in [3.05, 3.63) is 23.8 Å². The molecular weight excluding hydrogens is 422 g/mol. The van der Waals surface area contributed by atoms with Gasteiger partial charge >= 0.3 is 0 Å². The SMILES string of the molecule is COc1cc(CN2CCC[C@H]3OC[C@@H](NC(C)=O)[C@](C)(O)C[C@H]32)ccc1OCCCN(C)C. The number of hydrogen-bond donors (Lipinski definition) is 2. The molecule has 0 spiro atoms. The van der Waals surface area contributed by atoms with Crippen molar-refractivity contribution >= 4 is 5.91 Å². The zero-order chi connectivity index (χ0) is 24.0. The number of benzene rings is 1. The molecule has 0 radical (unpaired) electrons. The highest BCUT2D eigenvalue weighted by atomic mass is 16.5. The van der Waals surface area contributed by atoms with Crippen LogP contribution in [0, 0.1) is 0 Å². The van der Waals surface area contributed by atoms with E-state index in [-0.39, 0.29) is 18.1 Å². The van der Waals surface area contributed by atoms with E-state index < -0.39 is 11.6 Å². The van der Waals surface area contributed by atoms with Crippen molar-refractivity contribution < 1.29 is 24.1 Å². The van der Waals surface area contributed by atoms with E-state index in [0.717, 1.165) is 56.0 Å². The predicted molar refractivity (Wildman–Crippen MR) is 128 cm³/mol. The van der Waals surface area contributed by atoms with Crippen LogP contribution in [0.5, 0.6) is 11.5 Å². The molecule has 2 fully saturated rings. The standard InChI is InChI=1S/C25H41N3O5/c1-18(29)26-24-17-33-21-8-6-12-28(20(21)15-25(24,2)30)16-19-9-10-22(23(14-19)31-5)32-13-7-11-27(3)4/h9-10,14,20-21,24,30H,6-8,11-13,15-17H2,1-5H3,(H,26,29)/t20-,21-,24-,25-/m1/s1. The quantitative estimate of drug-likeness (QED) is 0.542. The smallest absolute Gasteiger partial charge is 0.217 e. The maximum Gasteiger partial charge on any atom is 0.217 e. The van der Waals surface area contributed by atoms with Crippen LogP contribution in [0.25, 0.3) is 0 Å². The molecule has 2 saturated heterocycles. The molecule has 1 aromatic carbocycles. The highest BCUT2D eigenvalue weighted by Crippen LogP contribution is 2.35. The van der Waals surface area contributed by atoms with Crippen LogP contribution in [0.15, 0.2) is 18.2 Å². The second-order valence-corrected chi connectivity index (χ2v) is 9.86. The van der Waals surface area contributed by atoms with E-state index in [9.17, 15) is 9.90 Å². The average Bonchev–Trinajstić information content (AvgIpc) is 2.88. The second kappa shape index (κ2) is 11.5. The van der Waals surface area contributed by atoms with Crippen molar-refractivity contribution in [3.8, 4) is 11.5 Å². The van der Waals surface area contributed by atoms with Gasteiger partial charge in [0.1, 0.15) is 0 Å². The number of nitrogens with one attached hydrogen (secondary N) is 1. The van der Waals surface area contributed by atoms with Crippen molar-refractivity contribution in [3.63, 3.8) is 0 Å². The van der Waals surface area contributed by atoms with Gasteiger partial charge in [-0.1, -0.05) is 6.07 Å². The first-order valence-electron chi connectivity index (χ1n) is 12.0. The molecule has 8 heteroatoms. The summed E-state index contributed by atoms with van der Waals surface area (Å²) in [7, 11) is 5.78. The number of carbonyl (C=O) groups excluding carboxylic acids is 1. The number of hydrogen-bond acceptors (Lipinski definition) is 7. The molecule has 0 unspecified atom stereocenters. The summed E-state index contributed by atoms with van der Waals surface area (Å²) in [6, 6.07) is 5.79. The van der Waals surface area contributed by atoms with E-state index in [2.05, 4.69) is 35.3 Å². The Labute approximate surface area is 198 Å². The van der Waals surface area contributed by atoms with Crippen LogP contribution in [0.3, 0.4) is 0 Å². The maximum atomic E-state index is 11.6. The van der Waals surface area contributed by atoms with Crippen LogP contribution in [0.1, 0.15) is 45.1 Å². The Morgan fingerprint density at radius 2 is 2.15 bits per heavy atom. The third-order valence-corrected chi connectivity index (χ3v) is 6.68. The highest BCUT2D eigenvalue weighted by molar-refractivity contribution is 5.73. The number of nitrogens with zero attached hydrogens (tertiary/aromatic N) is 2. The summed E-state index contributed by atoms with van der Waals surface area (Å²) in [4.78, 5) is 16.2. The van der Waals surface area contributed by atoms with E-state index in [4.69, 9.17) is 14.2 Å². The van der Waals surface area contributed by atoms with Crippen LogP contribution in [-0.2, 0) is 16.1 Å². The Hall–Kier alpha value is -1.87. The number of likely N-dealkylation sites (tertiary alicyclic amines) is 1. The molecule has 3 rings (SSSR count). The first kappa shape index (κ1) is 25.7. The lowest BCUT2D eigenvalue weighted by Crippen LogP contribution is -2.55. The number of aliphatic hydroxyl groups is 1. The summed E-state index contributed by atoms with van der Waals surface area (Å²) >= 11 is 0. The summed E-state index contributed by atoms with van der Waals surface area (Å²) < 4.78 is 17.7. The van der Waals surface area contributed by atoms with Gasteiger partial charge in [0.15, 0.2) is 11.5 Å². The minimum absolute atomic E-state index is 0.0465. The largest absolute Gasteiger partial charge is 0.493 e. The van der Waals surface area contributed by atoms with Crippen LogP contribution >= 0.6 is 0 Å². The van der Waals surface area contributed by atoms with Crippen molar-refractivity contribution in [2.24, 2.45) is 0 Å². The average molecular weight is 464 g/mol. The summed E-state index contributed by atoms with van der Waals surface area (Å²) in [5, 5.41) is 14.0. The molecule has 33 heavy (non-hydrogen) atoms. The molecule has 4 atom stereocenters. The zero-order valence-corrected chi connectivity index (χ0v) is 20.8. The maximum absolute atomic E-state index is 11.6. The third kappa shape index (κ3) is 7.06. The molecule has 0 aliphatic carbocycles. The van der Waals surface area contributed by atoms with Crippen LogP contribution in [-0.4, -0.2) is 92.1 Å². The highest BCUT2D eigenvalue weighted by Gasteiger charge is 2.44. The van der Waals surface area contributed by atoms with Gasteiger partial charge in [0.25, 0.3) is 0 Å². The monoisotopic (exact) mass is 463 g/mol. The summed E-state index contributed by atoms with van der Waals surface area (Å²) in [5.74, 6) is 1.35. The van der Waals surface area contributed by atoms with Gasteiger partial charge in [-0.25, -0.2) is 0 Å². The van der Waals surface area contributed by atoms with Crippen molar-refractivity contribution in [1.82, 2.24) is 15.1 Å². The Kier molecular flexibility index (Phi) is 8.98. The lowest BCUT2D eigenvalue weighted by molar-refractivity contribution is -0.122. The molecule has 2 heterocycles. The van der Waals surface area contributed by atoms with Crippen LogP contribution < -0.4 is 14.8 Å². The molecule has 2 aliphatic rings. The van der Waals surface area contributed by atoms with Crippen molar-refractivity contribution in [1.29, 1.82) is 0 Å². The lowest BCUT2D eigenvalue weighted by Gasteiger charge is -2.42. The molecule has 8 nitrogen and oxygen atoms in total. The number of piperidine rings is 1. The van der Waals surface area contributed by atoms with Gasteiger partial charge in [0, 0.05) is 26.1 Å². The number of amides is 1. The Morgan fingerprint density at radius 3 is 2.85 bits per heavy atom. The number of methoxy groups -OCH3 is 1. The summed E-state index contributed by atoms with van der Waals surface area (Å²) in [5.41, 5.74) is 0.0956. The number of rotatable bonds is 9. The molecule has 0 aromatic heterocycles. The molecule has 0 saturated carbocycles. The van der Waals surface area contributed by atoms with E-state index in [0.29, 0.717) is 19.6 Å². The molecular formula is C25H41N3O5. The molecule has 1 amide bonds. The number of fused-ring (bicyclic) bond motifs is 1. The molecule has 2 aliphatic heterocycles. The minimum atomic E-state index is -1.04. The van der Waals surface area contributed by atoms with Gasteiger partial charge < -0.3 is 29.5 Å². The number of ether oxygens (including phenoxy) is 3. The van der Waals surface area contributed by atoms with Crippen LogP contribution in [0.4, 0.5) is 0 Å². The normalized spacial score (nSPS) is 28.2. The molecule has 2 N–H and O–H groups in total. The molecule has 186 valence electrons. The van der Waals surface area contributed by atoms with Crippen LogP contribution in [0.2, 0.25) is 0 Å². The van der Waals surface area contributed by atoms with Crippen molar-refractivity contribution in [2.75, 3.05) is 47.5 Å². The summed E-state index contributed by atoms with van der Waals surface area (Å²) in [6.07, 6.45) is 3.55. The lowest BCUT2D eigenvalue weighted by atomic mass is 9.85. The van der Waals surface area contributed by atoms with Gasteiger partial charge in [0.05, 0.1) is 38.1 Å². The third-order valence-electron chi connectivity index (χ3n) is 6.68. The minimum Gasteiger partial charge on any atom is -0.493 e. The van der Waals surface area contributed by atoms with E-state index in [1.54, 1.807) is 14.0 Å². The topological polar surface area (TPSA) is 83.5 Å². The predicted octanol–water partition coefficient (Wildman–Crippen LogP) is 2.03. The fraction of sp³-hybridized carbons (Fsp3) is 0.720. The van der Waals surface area contributed by atoms with Gasteiger partial charge in [-0.2, -0.15) is 0 Å². The molecule has 0 bridgehead atoms. The summed E-state index contributed by atoms with van der Waals surface area (Å²) in [6.45, 7) is 6.91. The van der Waals surface area contributed by atoms with E-state index >= 15 is 0 Å². The van der Waals surface area contributed by atoms with Gasteiger partial charge in [-0.05, 0) is 70.9 Å². The Balaban J connectivity index is 1.68.